The third kappa shape index (κ3) is 16.7. The number of imide groups is 1. The second-order valence-corrected chi connectivity index (χ2v) is 24.8. The van der Waals surface area contributed by atoms with Gasteiger partial charge in [0, 0.05) is 16.7 Å². The van der Waals surface area contributed by atoms with Gasteiger partial charge in [0.2, 0.25) is 0 Å². The SMILES string of the molecule is O=C(Nc1nc([18F])nc2c1ncn2[C@@H]1O[C@H](COC(=O)c2ccccc2)[C@@H](OC(=O)c2ccccc2)[C@H]1OC(=O)c1ccccc1)c1ccccc1.O=C(OC[C@H]1O[C@@H](n2cnc3c(N(C(=O)c4ccccc4)C(=O)c4ccccc4)nc([18F])nc32)[C@H](OC(=O)c2ccccc2)[C@@H]1OC(=O)c1ccccc1)c1ccccc1. The predicted molar refractivity (Wildman–Crippen MR) is 393 cm³/mol. The van der Waals surface area contributed by atoms with E-state index in [1.807, 2.05) is 0 Å². The number of carbonyl (C=O) groups excluding carboxylic acids is 9. The second-order valence-electron chi connectivity index (χ2n) is 24.8. The van der Waals surface area contributed by atoms with Crippen molar-refractivity contribution in [2.75, 3.05) is 23.4 Å². The van der Waals surface area contributed by atoms with E-state index in [9.17, 15) is 43.2 Å². The van der Waals surface area contributed by atoms with Gasteiger partial charge in [-0.05, 0) is 109 Å². The maximum atomic E-state index is 15.8. The summed E-state index contributed by atoms with van der Waals surface area (Å²) in [7, 11) is 0. The summed E-state index contributed by atoms with van der Waals surface area (Å²) < 4.78 is 81.3. The molecule has 112 heavy (non-hydrogen) atoms. The van der Waals surface area contributed by atoms with Crippen molar-refractivity contribution in [3.63, 3.8) is 0 Å². The van der Waals surface area contributed by atoms with Gasteiger partial charge in [0.1, 0.15) is 25.4 Å². The standard InChI is InChI=1S/C45H32FN5O9.C38H28FN5O8/c46-45-48-37-34(38(49-45)51(39(52)28-16-6-1-7-17-28)40(53)29-18-8-2-9-19-29)47-27-50(37)41-36(60-44(56)32-24-14-5-15-25-32)35(59-43(55)31-22-12-4-13-23-31)33(58-41)26-57-42(54)30-20-10-3-11-21-30;39-38-42-31(41-33(45)23-13-5-1-6-14-23)28-32(43-38)44(22-40-28)34-30(52-37(48)26-19-11-4-12-20-26)29(51-36(47)25-17-9-3-10-18-25)27(50-34)21-49-35(46)24-15-7-2-8-16-24/h1-25,27,33,35-36,41H,26H2;1-20,22,27,29-30,34H,21H2,(H,41,42,43,45)/t33-,35-,36-,41-;27-,29-,30-,34-/m11/s1/i46-1;39-1. The summed E-state index contributed by atoms with van der Waals surface area (Å²) in [5.41, 5.74) is 1.00. The molecule has 1 N–H and O–H groups in total. The fourth-order valence-corrected chi connectivity index (χ4v) is 12.2. The first-order chi connectivity index (χ1) is 54.6. The molecule has 15 rings (SSSR count). The van der Waals surface area contributed by atoms with E-state index >= 15 is 8.78 Å². The molecule has 0 bridgehead atoms. The lowest BCUT2D eigenvalue weighted by Crippen LogP contribution is -2.41. The molecule has 0 aliphatic carbocycles. The van der Waals surface area contributed by atoms with Crippen LogP contribution in [0, 0.1) is 12.2 Å². The maximum Gasteiger partial charge on any atom is 0.338 e. The third-order valence-electron chi connectivity index (χ3n) is 17.6. The van der Waals surface area contributed by atoms with Crippen LogP contribution in [-0.2, 0) is 37.9 Å². The molecule has 2 saturated heterocycles. The van der Waals surface area contributed by atoms with Crippen LogP contribution in [0.1, 0.15) is 106 Å². The quantitative estimate of drug-likeness (QED) is 0.0302. The van der Waals surface area contributed by atoms with Crippen LogP contribution in [0.5, 0.6) is 0 Å². The van der Waals surface area contributed by atoms with E-state index in [4.69, 9.17) is 37.9 Å². The van der Waals surface area contributed by atoms with Crippen LogP contribution < -0.4 is 10.2 Å². The monoisotopic (exact) mass is 1500 g/mol. The van der Waals surface area contributed by atoms with Gasteiger partial charge in [0.25, 0.3) is 17.7 Å². The minimum absolute atomic E-state index is 0.0146. The van der Waals surface area contributed by atoms with Crippen LogP contribution in [0.2, 0.25) is 0 Å². The topological polar surface area (TPSA) is 330 Å². The van der Waals surface area contributed by atoms with E-state index in [0.717, 1.165) is 0 Å². The Balaban J connectivity index is 0.000000188. The number of nitrogens with zero attached hydrogens (tertiary/aromatic N) is 9. The summed E-state index contributed by atoms with van der Waals surface area (Å²) >= 11 is 0. The number of aromatic nitrogens is 8. The molecular weight excluding hydrogens is 1440 g/mol. The van der Waals surface area contributed by atoms with Crippen LogP contribution >= 0.6 is 0 Å². The lowest BCUT2D eigenvalue weighted by molar-refractivity contribution is -0.0608. The van der Waals surface area contributed by atoms with Gasteiger partial charge in [-0.3, -0.25) is 23.5 Å². The van der Waals surface area contributed by atoms with E-state index in [-0.39, 0.29) is 78.2 Å². The molecular formula is C83H60F2N10O17. The van der Waals surface area contributed by atoms with E-state index in [1.54, 1.807) is 212 Å². The first-order valence-electron chi connectivity index (χ1n) is 34.6. The minimum Gasteiger partial charge on any atom is -0.459 e. The average molecular weight is 1510 g/mol. The molecule has 9 aromatic carbocycles. The number of ether oxygens (including phenoxy) is 8. The predicted octanol–water partition coefficient (Wildman–Crippen LogP) is 12.1. The number of fused-ring (bicyclic) bond motifs is 2. The Morgan fingerprint density at radius 1 is 0.348 bits per heavy atom. The van der Waals surface area contributed by atoms with Gasteiger partial charge in [-0.2, -0.15) is 28.7 Å². The van der Waals surface area contributed by atoms with Crippen LogP contribution in [-0.4, -0.2) is 142 Å². The van der Waals surface area contributed by atoms with E-state index < -0.39 is 134 Å². The molecule has 558 valence electrons. The van der Waals surface area contributed by atoms with Gasteiger partial charge >= 0.3 is 48.0 Å². The Kier molecular flexibility index (Phi) is 22.5. The number of amides is 3. The molecule has 0 unspecified atom stereocenters. The number of anilines is 2. The highest BCUT2D eigenvalue weighted by molar-refractivity contribution is 6.27. The van der Waals surface area contributed by atoms with Crippen molar-refractivity contribution in [3.05, 3.63) is 348 Å². The lowest BCUT2D eigenvalue weighted by Gasteiger charge is -2.25. The second kappa shape index (κ2) is 34.0. The Morgan fingerprint density at radius 3 is 0.982 bits per heavy atom. The van der Waals surface area contributed by atoms with Gasteiger partial charge < -0.3 is 43.2 Å². The van der Waals surface area contributed by atoms with Gasteiger partial charge in [0.05, 0.1) is 46.0 Å². The van der Waals surface area contributed by atoms with Gasteiger partial charge in [-0.1, -0.05) is 164 Å². The van der Waals surface area contributed by atoms with Crippen LogP contribution in [0.3, 0.4) is 0 Å². The molecule has 4 aromatic heterocycles. The highest BCUT2D eigenvalue weighted by Gasteiger charge is 2.54. The number of halogens is 2. The minimum atomic E-state index is -1.52. The van der Waals surface area contributed by atoms with Crippen molar-refractivity contribution in [3.8, 4) is 0 Å². The van der Waals surface area contributed by atoms with E-state index in [1.165, 1.54) is 82.5 Å². The van der Waals surface area contributed by atoms with Crippen LogP contribution in [0.15, 0.2) is 286 Å². The number of carbonyl (C=O) groups is 9. The molecule has 8 atom stereocenters. The number of imidazole rings is 2. The molecule has 6 heterocycles. The van der Waals surface area contributed by atoms with Crippen molar-refractivity contribution in [1.29, 1.82) is 0 Å². The molecule has 2 aliphatic heterocycles. The maximum absolute atomic E-state index is 15.8. The molecule has 2 fully saturated rings. The molecule has 29 heteroatoms. The van der Waals surface area contributed by atoms with Gasteiger partial charge in [-0.15, -0.1) is 0 Å². The fraction of sp³-hybridized carbons (Fsp3) is 0.120. The van der Waals surface area contributed by atoms with Gasteiger partial charge in [-0.25, -0.2) is 43.6 Å². The van der Waals surface area contributed by atoms with Crippen LogP contribution in [0.25, 0.3) is 22.3 Å². The molecule has 3 amide bonds. The summed E-state index contributed by atoms with van der Waals surface area (Å²) in [5, 5.41) is 2.56. The lowest BCUT2D eigenvalue weighted by atomic mass is 10.1. The summed E-state index contributed by atoms with van der Waals surface area (Å²) in [4.78, 5) is 147. The van der Waals surface area contributed by atoms with E-state index in [2.05, 4.69) is 35.2 Å². The normalized spacial score (nSPS) is 17.5. The number of rotatable bonds is 21. The Morgan fingerprint density at radius 2 is 0.634 bits per heavy atom. The molecule has 0 saturated carbocycles. The zero-order chi connectivity index (χ0) is 77.6. The largest absolute Gasteiger partial charge is 0.459 e. The molecule has 0 spiro atoms. The number of esters is 6. The first kappa shape index (κ1) is 74.2. The van der Waals surface area contributed by atoms with E-state index in [0.29, 0.717) is 4.90 Å². The highest BCUT2D eigenvalue weighted by atomic mass is 18.2. The van der Waals surface area contributed by atoms with Crippen molar-refractivity contribution in [1.82, 2.24) is 39.0 Å². The zero-order valence-corrected chi connectivity index (χ0v) is 58.4. The van der Waals surface area contributed by atoms with Crippen molar-refractivity contribution < 1.29 is 89.8 Å². The third-order valence-corrected chi connectivity index (χ3v) is 17.6. The Bertz CT molecular complexity index is 5530. The number of nitrogens with one attached hydrogen (secondary N) is 1. The number of benzene rings is 9. The highest BCUT2D eigenvalue weighted by Crippen LogP contribution is 2.40. The summed E-state index contributed by atoms with van der Waals surface area (Å²) in [5.74, 6) is -7.57. The molecule has 13 aromatic rings. The first-order valence-corrected chi connectivity index (χ1v) is 34.6. The van der Waals surface area contributed by atoms with Gasteiger partial charge in [0.15, 0.2) is 70.8 Å². The van der Waals surface area contributed by atoms with Crippen LogP contribution in [0.4, 0.5) is 20.4 Å². The Labute approximate surface area is 633 Å². The molecule has 2 aliphatic rings. The number of hydrogen-bond acceptors (Lipinski definition) is 23. The molecule has 27 nitrogen and oxygen atoms in total. The smallest absolute Gasteiger partial charge is 0.338 e. The summed E-state index contributed by atoms with van der Waals surface area (Å²) in [6, 6.07) is 72.5. The average Bonchev–Trinajstić information content (AvgIpc) is 1.59. The summed E-state index contributed by atoms with van der Waals surface area (Å²) in [6.45, 7) is -0.937. The molecule has 0 radical (unpaired) electrons. The summed E-state index contributed by atoms with van der Waals surface area (Å²) in [6.07, 6.45) is -11.2. The van der Waals surface area contributed by atoms with Crippen molar-refractivity contribution in [2.45, 2.75) is 49.1 Å². The fourth-order valence-electron chi connectivity index (χ4n) is 12.2. The Hall–Kier alpha value is -14.7. The van der Waals surface area contributed by atoms with Crippen molar-refractivity contribution in [2.24, 2.45) is 0 Å². The van der Waals surface area contributed by atoms with Crippen molar-refractivity contribution >= 4 is 87.5 Å². The number of hydrogen-bond donors (Lipinski definition) is 1. The zero-order valence-electron chi connectivity index (χ0n) is 58.4.